The maximum atomic E-state index is 12.2. The second-order valence-corrected chi connectivity index (χ2v) is 9.58. The molecule has 2 heterocycles. The van der Waals surface area contributed by atoms with Crippen LogP contribution in [0.4, 0.5) is 0 Å². The Kier molecular flexibility index (Phi) is 4.07. The summed E-state index contributed by atoms with van der Waals surface area (Å²) in [4.78, 5) is 3.51. The van der Waals surface area contributed by atoms with Gasteiger partial charge in [0, 0.05) is 11.7 Å². The highest BCUT2D eigenvalue weighted by molar-refractivity contribution is 7.92. The Bertz CT molecular complexity index is 749. The van der Waals surface area contributed by atoms with Gasteiger partial charge in [-0.05, 0) is 19.4 Å². The second-order valence-electron chi connectivity index (χ2n) is 4.95. The molecule has 1 N–H and O–H groups in total. The van der Waals surface area contributed by atoms with Crippen LogP contribution < -0.4 is 4.72 Å². The van der Waals surface area contributed by atoms with Crippen LogP contribution in [0.3, 0.4) is 0 Å². The number of hydrogen-bond acceptors (Lipinski definition) is 5. The highest BCUT2D eigenvalue weighted by Crippen LogP contribution is 2.27. The molecule has 112 valence electrons. The number of rotatable bonds is 3. The van der Waals surface area contributed by atoms with Crippen LogP contribution in [0, 0.1) is 0 Å². The fraction of sp³-hybridized carbons (Fsp3) is 0.500. The van der Waals surface area contributed by atoms with Gasteiger partial charge in [0.25, 0.3) is 0 Å². The summed E-state index contributed by atoms with van der Waals surface area (Å²) in [7, 11) is -7.12. The van der Waals surface area contributed by atoms with Gasteiger partial charge in [-0.15, -0.1) is 0 Å². The number of nitrogens with one attached hydrogen (secondary N) is 1. The van der Waals surface area contributed by atoms with E-state index >= 15 is 0 Å². The van der Waals surface area contributed by atoms with E-state index in [9.17, 15) is 16.8 Å². The molecule has 1 atom stereocenters. The maximum absolute atomic E-state index is 12.2. The Morgan fingerprint density at radius 3 is 2.55 bits per heavy atom. The van der Waals surface area contributed by atoms with Crippen molar-refractivity contribution in [3.05, 3.63) is 22.4 Å². The summed E-state index contributed by atoms with van der Waals surface area (Å²) in [5.41, 5.74) is -1.02. The number of halogens is 2. The van der Waals surface area contributed by atoms with E-state index in [1.165, 1.54) is 6.07 Å². The van der Waals surface area contributed by atoms with Crippen LogP contribution in [0.1, 0.15) is 13.3 Å². The van der Waals surface area contributed by atoms with Crippen molar-refractivity contribution in [2.45, 2.75) is 23.8 Å². The lowest BCUT2D eigenvalue weighted by Crippen LogP contribution is -2.46. The lowest BCUT2D eigenvalue weighted by molar-refractivity contribution is 0.461. The molecule has 0 bridgehead atoms. The van der Waals surface area contributed by atoms with Gasteiger partial charge in [0.15, 0.2) is 9.84 Å². The predicted octanol–water partition coefficient (Wildman–Crippen LogP) is 1.24. The van der Waals surface area contributed by atoms with E-state index in [0.717, 1.165) is 6.20 Å². The summed E-state index contributed by atoms with van der Waals surface area (Å²) in [5, 5.41) is 0.0130. The SMILES string of the molecule is CC1(NS(=O)(=O)c2cnc(Cl)c(Cl)c2)CCS(=O)(=O)C1. The van der Waals surface area contributed by atoms with Gasteiger partial charge >= 0.3 is 0 Å². The maximum Gasteiger partial charge on any atom is 0.242 e. The van der Waals surface area contributed by atoms with Crippen LogP contribution in [-0.4, -0.2) is 38.9 Å². The van der Waals surface area contributed by atoms with Gasteiger partial charge in [-0.2, -0.15) is 0 Å². The average molecular weight is 359 g/mol. The lowest BCUT2D eigenvalue weighted by Gasteiger charge is -2.23. The number of pyridine rings is 1. The van der Waals surface area contributed by atoms with Crippen molar-refractivity contribution < 1.29 is 16.8 Å². The fourth-order valence-corrected chi connectivity index (χ4v) is 5.95. The van der Waals surface area contributed by atoms with Gasteiger partial charge in [-0.1, -0.05) is 23.2 Å². The summed E-state index contributed by atoms with van der Waals surface area (Å²) in [5.74, 6) is -0.264. The first-order chi connectivity index (χ1) is 9.03. The van der Waals surface area contributed by atoms with Crippen molar-refractivity contribution in [3.63, 3.8) is 0 Å². The average Bonchev–Trinajstić information content (AvgIpc) is 2.55. The van der Waals surface area contributed by atoms with Crippen LogP contribution in [0.25, 0.3) is 0 Å². The minimum Gasteiger partial charge on any atom is -0.242 e. The normalized spacial score (nSPS) is 25.8. The molecule has 0 radical (unpaired) electrons. The summed E-state index contributed by atoms with van der Waals surface area (Å²) in [6.07, 6.45) is 1.30. The molecular formula is C10H12Cl2N2O4S2. The highest BCUT2D eigenvalue weighted by atomic mass is 35.5. The molecule has 0 spiro atoms. The monoisotopic (exact) mass is 358 g/mol. The summed E-state index contributed by atoms with van der Waals surface area (Å²) in [6, 6.07) is 1.17. The van der Waals surface area contributed by atoms with Crippen LogP contribution in [0.2, 0.25) is 10.2 Å². The van der Waals surface area contributed by atoms with E-state index in [2.05, 4.69) is 9.71 Å². The van der Waals surface area contributed by atoms with Crippen molar-refractivity contribution in [3.8, 4) is 0 Å². The molecule has 20 heavy (non-hydrogen) atoms. The largest absolute Gasteiger partial charge is 0.242 e. The summed E-state index contributed by atoms with van der Waals surface area (Å²) < 4.78 is 49.8. The first kappa shape index (κ1) is 16.0. The van der Waals surface area contributed by atoms with Gasteiger partial charge in [-0.3, -0.25) is 0 Å². The van der Waals surface area contributed by atoms with Crippen LogP contribution in [0.15, 0.2) is 17.2 Å². The Morgan fingerprint density at radius 1 is 1.40 bits per heavy atom. The van der Waals surface area contributed by atoms with Crippen molar-refractivity contribution >= 4 is 43.1 Å². The smallest absolute Gasteiger partial charge is 0.242 e. The van der Waals surface area contributed by atoms with Crippen molar-refractivity contribution in [1.82, 2.24) is 9.71 Å². The molecule has 0 aliphatic carbocycles. The zero-order valence-electron chi connectivity index (χ0n) is 10.4. The lowest BCUT2D eigenvalue weighted by atomic mass is 10.0. The molecule has 0 aromatic carbocycles. The number of aromatic nitrogens is 1. The van der Waals surface area contributed by atoms with Gasteiger partial charge in [-0.25, -0.2) is 26.5 Å². The van der Waals surface area contributed by atoms with E-state index in [1.54, 1.807) is 6.92 Å². The third-order valence-electron chi connectivity index (χ3n) is 2.97. The van der Waals surface area contributed by atoms with E-state index in [0.29, 0.717) is 0 Å². The Morgan fingerprint density at radius 2 is 2.05 bits per heavy atom. The molecule has 1 fully saturated rings. The molecule has 10 heteroatoms. The predicted molar refractivity (Wildman–Crippen MR) is 76.3 cm³/mol. The second kappa shape index (κ2) is 5.10. The first-order valence-electron chi connectivity index (χ1n) is 5.59. The minimum atomic E-state index is -3.91. The third-order valence-corrected chi connectivity index (χ3v) is 7.16. The van der Waals surface area contributed by atoms with E-state index < -0.39 is 25.4 Å². The van der Waals surface area contributed by atoms with Crippen molar-refractivity contribution in [2.75, 3.05) is 11.5 Å². The molecule has 6 nitrogen and oxygen atoms in total. The Labute approximate surface area is 127 Å². The molecule has 1 aliphatic rings. The number of sulfone groups is 1. The van der Waals surface area contributed by atoms with Gasteiger partial charge in [0.2, 0.25) is 10.0 Å². The fourth-order valence-electron chi connectivity index (χ4n) is 2.02. The zero-order valence-corrected chi connectivity index (χ0v) is 13.6. The van der Waals surface area contributed by atoms with E-state index in [4.69, 9.17) is 23.2 Å². The molecule has 2 rings (SSSR count). The molecular weight excluding hydrogens is 347 g/mol. The molecule has 1 unspecified atom stereocenters. The van der Waals surface area contributed by atoms with Gasteiger partial charge in [0.05, 0.1) is 16.5 Å². The summed E-state index contributed by atoms with van der Waals surface area (Å²) in [6.45, 7) is 1.56. The molecule has 0 saturated carbocycles. The molecule has 1 aromatic heterocycles. The Hall–Kier alpha value is -0.410. The summed E-state index contributed by atoms with van der Waals surface area (Å²) >= 11 is 11.4. The van der Waals surface area contributed by atoms with E-state index in [1.807, 2.05) is 0 Å². The quantitative estimate of drug-likeness (QED) is 0.820. The number of sulfonamides is 1. The van der Waals surface area contributed by atoms with Crippen molar-refractivity contribution in [2.24, 2.45) is 0 Å². The van der Waals surface area contributed by atoms with Crippen LogP contribution >= 0.6 is 23.2 Å². The van der Waals surface area contributed by atoms with Crippen LogP contribution in [0.5, 0.6) is 0 Å². The van der Waals surface area contributed by atoms with Crippen molar-refractivity contribution in [1.29, 1.82) is 0 Å². The standard InChI is InChI=1S/C10H12Cl2N2O4S2/c1-10(2-3-19(15,16)6-10)14-20(17,18)7-4-8(11)9(12)13-5-7/h4-5,14H,2-3,6H2,1H3. The zero-order chi connectivity index (χ0) is 15.2. The molecule has 1 aromatic rings. The van der Waals surface area contributed by atoms with Gasteiger partial charge in [0.1, 0.15) is 10.0 Å². The van der Waals surface area contributed by atoms with E-state index in [-0.39, 0.29) is 33.0 Å². The van der Waals surface area contributed by atoms with Crippen LogP contribution in [-0.2, 0) is 19.9 Å². The first-order valence-corrected chi connectivity index (χ1v) is 9.65. The molecule has 1 saturated heterocycles. The Balaban J connectivity index is 2.30. The number of nitrogens with zero attached hydrogens (tertiary/aromatic N) is 1. The molecule has 0 amide bonds. The third kappa shape index (κ3) is 3.43. The molecule has 1 aliphatic heterocycles. The number of hydrogen-bond donors (Lipinski definition) is 1. The highest BCUT2D eigenvalue weighted by Gasteiger charge is 2.41. The topological polar surface area (TPSA) is 93.2 Å². The minimum absolute atomic E-state index is 0.000252. The van der Waals surface area contributed by atoms with Gasteiger partial charge < -0.3 is 0 Å².